The van der Waals surface area contributed by atoms with E-state index in [2.05, 4.69) is 24.5 Å². The molecule has 44 heavy (non-hydrogen) atoms. The number of rotatable bonds is 16. The predicted octanol–water partition coefficient (Wildman–Crippen LogP) is 5.28. The minimum Gasteiger partial charge on any atom is -0.393 e. The Morgan fingerprint density at radius 2 is 1.80 bits per heavy atom. The van der Waals surface area contributed by atoms with Gasteiger partial charge in [0.05, 0.1) is 16.6 Å². The van der Waals surface area contributed by atoms with E-state index in [1.807, 2.05) is 37.3 Å². The van der Waals surface area contributed by atoms with E-state index in [0.717, 1.165) is 18.4 Å². The number of ether oxygens (including phenoxy) is 1. The van der Waals surface area contributed by atoms with Crippen LogP contribution in [0, 0.1) is 29.6 Å². The highest BCUT2D eigenvalue weighted by molar-refractivity contribution is 7.97. The maximum Gasteiger partial charge on any atom is 0.254 e. The Balaban J connectivity index is 1.37. The third kappa shape index (κ3) is 7.54. The number of hydrogen-bond acceptors (Lipinski definition) is 6. The van der Waals surface area contributed by atoms with Gasteiger partial charge in [0.2, 0.25) is 15.7 Å². The SMILES string of the molecule is CCCOC(NC(=O)c1cccc2c1S2(=O)=O)[C@@H](Cc1ccccc1)[C@@H](O)C[C@@H](CCC(C)C)C(=O)NC1CC2CCC1C2. The van der Waals surface area contributed by atoms with Gasteiger partial charge in [0.1, 0.15) is 11.1 Å². The standard InChI is InChI=1S/C35H48N2O6S/c1-4-17-43-35(37-34(40)27-11-8-12-31-32(27)44(31,41)42)28(19-23-9-6-5-7-10-23)30(38)21-26(15-13-22(2)3)33(39)36-29-20-24-14-16-25(29)18-24/h5-12,22,24-26,28-30,35,38H,4,13-21H2,1-3H3,(H,36,39)(H,37,40)/t24?,25?,26-,28+,29?,30+,35?/m1/s1. The highest BCUT2D eigenvalue weighted by Crippen LogP contribution is 2.45. The third-order valence-electron chi connectivity index (χ3n) is 9.77. The molecule has 2 aliphatic carbocycles. The van der Waals surface area contributed by atoms with Crippen molar-refractivity contribution in [3.8, 4) is 0 Å². The van der Waals surface area contributed by atoms with Gasteiger partial charge >= 0.3 is 0 Å². The van der Waals surface area contributed by atoms with Gasteiger partial charge in [-0.3, -0.25) is 9.59 Å². The predicted molar refractivity (Wildman–Crippen MR) is 169 cm³/mol. The molecule has 7 atom stereocenters. The van der Waals surface area contributed by atoms with Gasteiger partial charge in [0.25, 0.3) is 5.91 Å². The number of aliphatic hydroxyl groups excluding tert-OH is 1. The lowest BCUT2D eigenvalue weighted by atomic mass is 9.83. The lowest BCUT2D eigenvalue weighted by Gasteiger charge is -2.34. The second-order valence-electron chi connectivity index (χ2n) is 13.5. The van der Waals surface area contributed by atoms with Gasteiger partial charge < -0.3 is 20.5 Å². The van der Waals surface area contributed by atoms with E-state index >= 15 is 0 Å². The first-order chi connectivity index (χ1) is 21.1. The molecular weight excluding hydrogens is 576 g/mol. The molecule has 2 amide bonds. The molecule has 0 spiro atoms. The Hall–Kier alpha value is -2.75. The molecule has 2 aromatic carbocycles. The first kappa shape index (κ1) is 32.6. The summed E-state index contributed by atoms with van der Waals surface area (Å²) in [5, 5.41) is 18.2. The van der Waals surface area contributed by atoms with Crippen LogP contribution in [-0.4, -0.2) is 50.3 Å². The third-order valence-corrected chi connectivity index (χ3v) is 11.5. The number of aliphatic hydroxyl groups is 1. The zero-order chi connectivity index (χ0) is 31.4. The van der Waals surface area contributed by atoms with Crippen molar-refractivity contribution in [3.63, 3.8) is 0 Å². The fourth-order valence-electron chi connectivity index (χ4n) is 7.27. The van der Waals surface area contributed by atoms with Gasteiger partial charge in [-0.25, -0.2) is 8.42 Å². The average molecular weight is 625 g/mol. The molecule has 1 heterocycles. The van der Waals surface area contributed by atoms with Gasteiger partial charge in [0, 0.05) is 24.5 Å². The lowest BCUT2D eigenvalue weighted by Crippen LogP contribution is -2.49. The molecule has 3 aliphatic rings. The molecule has 0 radical (unpaired) electrons. The van der Waals surface area contributed by atoms with E-state index in [1.54, 1.807) is 6.07 Å². The molecule has 2 fully saturated rings. The normalized spacial score (nSPS) is 23.9. The molecule has 2 saturated carbocycles. The van der Waals surface area contributed by atoms with Crippen molar-refractivity contribution in [2.75, 3.05) is 6.61 Å². The van der Waals surface area contributed by atoms with Gasteiger partial charge in [-0.2, -0.15) is 0 Å². The van der Waals surface area contributed by atoms with Crippen LogP contribution >= 0.6 is 0 Å². The van der Waals surface area contributed by atoms with Crippen molar-refractivity contribution < 1.29 is 27.9 Å². The number of nitrogens with one attached hydrogen (secondary N) is 2. The average Bonchev–Trinajstić information content (AvgIpc) is 3.31. The second kappa shape index (κ2) is 14.1. The van der Waals surface area contributed by atoms with Crippen LogP contribution in [0.3, 0.4) is 0 Å². The summed E-state index contributed by atoms with van der Waals surface area (Å²) in [4.78, 5) is 27.5. The second-order valence-corrected chi connectivity index (χ2v) is 15.4. The zero-order valence-corrected chi connectivity index (χ0v) is 27.0. The van der Waals surface area contributed by atoms with Crippen LogP contribution in [0.25, 0.3) is 0 Å². The Labute approximate surface area is 262 Å². The van der Waals surface area contributed by atoms with E-state index in [0.29, 0.717) is 43.6 Å². The largest absolute Gasteiger partial charge is 0.393 e. The summed E-state index contributed by atoms with van der Waals surface area (Å²) >= 11 is 0. The zero-order valence-electron chi connectivity index (χ0n) is 26.2. The number of benzene rings is 2. The molecule has 2 aromatic rings. The Morgan fingerprint density at radius 1 is 1.02 bits per heavy atom. The topological polar surface area (TPSA) is 122 Å². The van der Waals surface area contributed by atoms with Gasteiger partial charge in [-0.15, -0.1) is 0 Å². The van der Waals surface area contributed by atoms with Crippen molar-refractivity contribution in [2.24, 2.45) is 29.6 Å². The van der Waals surface area contributed by atoms with Crippen molar-refractivity contribution in [3.05, 3.63) is 59.7 Å². The van der Waals surface area contributed by atoms with Crippen molar-refractivity contribution in [1.82, 2.24) is 10.6 Å². The molecular formula is C35H48N2O6S. The summed E-state index contributed by atoms with van der Waals surface area (Å²) in [6.45, 7) is 6.58. The lowest BCUT2D eigenvalue weighted by molar-refractivity contribution is -0.128. The monoisotopic (exact) mass is 624 g/mol. The summed E-state index contributed by atoms with van der Waals surface area (Å²) in [6, 6.07) is 14.5. The van der Waals surface area contributed by atoms with Gasteiger partial charge in [-0.05, 0) is 80.4 Å². The van der Waals surface area contributed by atoms with Crippen LogP contribution in [0.15, 0.2) is 58.3 Å². The summed E-state index contributed by atoms with van der Waals surface area (Å²) in [5.74, 6) is 0.195. The number of fused-ring (bicyclic) bond motifs is 3. The van der Waals surface area contributed by atoms with E-state index in [9.17, 15) is 23.1 Å². The number of carbonyl (C=O) groups is 2. The number of amides is 2. The van der Waals surface area contributed by atoms with Crippen molar-refractivity contribution in [2.45, 2.75) is 107 Å². The number of sulfone groups is 1. The molecule has 5 rings (SSSR count). The molecule has 0 saturated heterocycles. The Morgan fingerprint density at radius 3 is 2.45 bits per heavy atom. The quantitative estimate of drug-likeness (QED) is 0.147. The Bertz CT molecular complexity index is 1410. The smallest absolute Gasteiger partial charge is 0.254 e. The molecule has 9 heteroatoms. The summed E-state index contributed by atoms with van der Waals surface area (Å²) in [7, 11) is -3.54. The highest BCUT2D eigenvalue weighted by Gasteiger charge is 2.44. The Kier molecular flexibility index (Phi) is 10.5. The first-order valence-corrected chi connectivity index (χ1v) is 17.9. The van der Waals surface area contributed by atoms with Crippen LogP contribution in [0.1, 0.15) is 88.1 Å². The molecule has 240 valence electrons. The van der Waals surface area contributed by atoms with E-state index < -0.39 is 34.0 Å². The highest BCUT2D eigenvalue weighted by atomic mass is 32.2. The minimum atomic E-state index is -3.54. The number of carbonyl (C=O) groups excluding carboxylic acids is 2. The maximum atomic E-state index is 13.7. The molecule has 8 nitrogen and oxygen atoms in total. The van der Waals surface area contributed by atoms with Crippen LogP contribution in [0.4, 0.5) is 0 Å². The van der Waals surface area contributed by atoms with Crippen molar-refractivity contribution in [1.29, 1.82) is 0 Å². The van der Waals surface area contributed by atoms with Crippen LogP contribution in [0.2, 0.25) is 0 Å². The van der Waals surface area contributed by atoms with E-state index in [1.165, 1.54) is 31.4 Å². The van der Waals surface area contributed by atoms with Crippen LogP contribution < -0.4 is 10.6 Å². The van der Waals surface area contributed by atoms with Crippen LogP contribution in [-0.2, 0) is 25.8 Å². The maximum absolute atomic E-state index is 13.7. The van der Waals surface area contributed by atoms with Crippen molar-refractivity contribution >= 4 is 21.7 Å². The number of hydrogen-bond donors (Lipinski definition) is 3. The molecule has 0 aromatic heterocycles. The minimum absolute atomic E-state index is 0.00771. The van der Waals surface area contributed by atoms with E-state index in [-0.39, 0.29) is 39.6 Å². The fourth-order valence-corrected chi connectivity index (χ4v) is 8.78. The van der Waals surface area contributed by atoms with E-state index in [4.69, 9.17) is 4.74 Å². The van der Waals surface area contributed by atoms with Crippen LogP contribution in [0.5, 0.6) is 0 Å². The molecule has 1 aliphatic heterocycles. The van der Waals surface area contributed by atoms with Gasteiger partial charge in [0.15, 0.2) is 0 Å². The van der Waals surface area contributed by atoms with Gasteiger partial charge in [-0.1, -0.05) is 70.0 Å². The first-order valence-electron chi connectivity index (χ1n) is 16.4. The molecule has 3 N–H and O–H groups in total. The molecule has 2 bridgehead atoms. The summed E-state index contributed by atoms with van der Waals surface area (Å²) in [6.07, 6.45) is 5.71. The molecule has 4 unspecified atom stereocenters. The fraction of sp³-hybridized carbons (Fsp3) is 0.600. The summed E-state index contributed by atoms with van der Waals surface area (Å²) < 4.78 is 30.9. The summed E-state index contributed by atoms with van der Waals surface area (Å²) in [5.41, 5.74) is 1.05.